The molecule has 0 aliphatic carbocycles. The number of rotatable bonds is 8. The van der Waals surface area contributed by atoms with Crippen LogP contribution in [0.1, 0.15) is 5.56 Å². The van der Waals surface area contributed by atoms with E-state index >= 15 is 0 Å². The van der Waals surface area contributed by atoms with Gasteiger partial charge in [-0.3, -0.25) is 0 Å². The minimum absolute atomic E-state index is 0.413. The third-order valence-electron chi connectivity index (χ3n) is 9.89. The van der Waals surface area contributed by atoms with Gasteiger partial charge in [-0.15, -0.1) is 0 Å². The van der Waals surface area contributed by atoms with Gasteiger partial charge in [-0.2, -0.15) is 0 Å². The standard InChI is InChI=1S/C49H36N2O/c50-46-30-27-37-18-12-24-47(48(37)49(46)52-33-34-13-3-1-4-14-34)51(41-20-11-19-38(31-41)35-15-5-2-6-16-35)40-28-25-36(26-29-40)45-32-39-17-7-8-21-42(39)43-22-9-10-23-44(43)45/h1-32H,33,50H2. The normalized spacial score (nSPS) is 11.2. The molecule has 0 heterocycles. The summed E-state index contributed by atoms with van der Waals surface area (Å²) >= 11 is 0. The fourth-order valence-electron chi connectivity index (χ4n) is 7.38. The summed E-state index contributed by atoms with van der Waals surface area (Å²) < 4.78 is 6.59. The molecule has 0 atom stereocenters. The minimum atomic E-state index is 0.413. The summed E-state index contributed by atoms with van der Waals surface area (Å²) in [7, 11) is 0. The van der Waals surface area contributed by atoms with Gasteiger partial charge in [0.2, 0.25) is 0 Å². The second-order valence-electron chi connectivity index (χ2n) is 13.1. The average molecular weight is 669 g/mol. The molecule has 0 amide bonds. The second kappa shape index (κ2) is 13.5. The van der Waals surface area contributed by atoms with Crippen LogP contribution in [0.15, 0.2) is 194 Å². The second-order valence-corrected chi connectivity index (χ2v) is 13.1. The van der Waals surface area contributed by atoms with Crippen LogP contribution in [0, 0.1) is 0 Å². The van der Waals surface area contributed by atoms with Crippen molar-refractivity contribution in [1.82, 2.24) is 0 Å². The van der Waals surface area contributed by atoms with Crippen LogP contribution in [0.25, 0.3) is 54.6 Å². The lowest BCUT2D eigenvalue weighted by atomic mass is 9.93. The summed E-state index contributed by atoms with van der Waals surface area (Å²) in [5.74, 6) is 0.681. The Morgan fingerprint density at radius 2 is 1.10 bits per heavy atom. The molecule has 0 aromatic heterocycles. The van der Waals surface area contributed by atoms with Gasteiger partial charge in [-0.1, -0.05) is 152 Å². The molecule has 0 saturated heterocycles. The Hall–Kier alpha value is -6.84. The monoisotopic (exact) mass is 668 g/mol. The molecular formula is C49H36N2O. The zero-order chi connectivity index (χ0) is 34.9. The lowest BCUT2D eigenvalue weighted by Gasteiger charge is -2.28. The van der Waals surface area contributed by atoms with Crippen LogP contribution in [-0.2, 0) is 6.61 Å². The van der Waals surface area contributed by atoms with Crippen LogP contribution in [0.2, 0.25) is 0 Å². The van der Waals surface area contributed by atoms with E-state index in [-0.39, 0.29) is 0 Å². The minimum Gasteiger partial charge on any atom is -0.486 e. The Kier molecular flexibility index (Phi) is 8.07. The molecule has 248 valence electrons. The van der Waals surface area contributed by atoms with Crippen LogP contribution in [0.3, 0.4) is 0 Å². The highest BCUT2D eigenvalue weighted by Gasteiger charge is 2.20. The van der Waals surface area contributed by atoms with Gasteiger partial charge < -0.3 is 15.4 Å². The van der Waals surface area contributed by atoms with Crippen molar-refractivity contribution in [3.05, 3.63) is 200 Å². The highest BCUT2D eigenvalue weighted by atomic mass is 16.5. The van der Waals surface area contributed by atoms with E-state index in [1.165, 1.54) is 27.1 Å². The summed E-state index contributed by atoms with van der Waals surface area (Å²) in [4.78, 5) is 2.33. The third kappa shape index (κ3) is 5.78. The molecule has 9 aromatic rings. The maximum Gasteiger partial charge on any atom is 0.152 e. The summed E-state index contributed by atoms with van der Waals surface area (Å²) in [5.41, 5.74) is 16.2. The van der Waals surface area contributed by atoms with Crippen molar-refractivity contribution in [3.8, 4) is 28.0 Å². The van der Waals surface area contributed by atoms with E-state index in [0.717, 1.165) is 50.1 Å². The lowest BCUT2D eigenvalue weighted by Crippen LogP contribution is -2.11. The van der Waals surface area contributed by atoms with Crippen LogP contribution < -0.4 is 15.4 Å². The van der Waals surface area contributed by atoms with E-state index in [9.17, 15) is 0 Å². The van der Waals surface area contributed by atoms with Gasteiger partial charge in [0.05, 0.1) is 16.8 Å². The molecule has 0 spiro atoms. The number of nitrogen functional groups attached to an aromatic ring is 1. The molecular weight excluding hydrogens is 633 g/mol. The molecule has 52 heavy (non-hydrogen) atoms. The Labute approximate surface area is 303 Å². The maximum atomic E-state index is 6.72. The smallest absolute Gasteiger partial charge is 0.152 e. The van der Waals surface area contributed by atoms with Gasteiger partial charge in [0, 0.05) is 11.4 Å². The van der Waals surface area contributed by atoms with Gasteiger partial charge in [0.1, 0.15) is 6.61 Å². The van der Waals surface area contributed by atoms with Crippen molar-refractivity contribution in [2.75, 3.05) is 10.6 Å². The first-order valence-corrected chi connectivity index (χ1v) is 17.7. The molecule has 0 saturated carbocycles. The summed E-state index contributed by atoms with van der Waals surface area (Å²) in [5, 5.41) is 7.02. The molecule has 9 rings (SSSR count). The zero-order valence-electron chi connectivity index (χ0n) is 28.6. The number of ether oxygens (including phenoxy) is 1. The molecule has 0 fully saturated rings. The fraction of sp³-hybridized carbons (Fsp3) is 0.0204. The quantitative estimate of drug-likeness (QED) is 0.129. The van der Waals surface area contributed by atoms with Gasteiger partial charge in [0.15, 0.2) is 5.75 Å². The largest absolute Gasteiger partial charge is 0.486 e. The lowest BCUT2D eigenvalue weighted by molar-refractivity contribution is 0.312. The van der Waals surface area contributed by atoms with E-state index in [0.29, 0.717) is 18.0 Å². The van der Waals surface area contributed by atoms with Gasteiger partial charge in [0.25, 0.3) is 0 Å². The highest BCUT2D eigenvalue weighted by Crippen LogP contribution is 2.46. The summed E-state index contributed by atoms with van der Waals surface area (Å²) in [6.45, 7) is 0.413. The van der Waals surface area contributed by atoms with E-state index < -0.39 is 0 Å². The summed E-state index contributed by atoms with van der Waals surface area (Å²) in [6.07, 6.45) is 0. The van der Waals surface area contributed by atoms with Crippen LogP contribution in [-0.4, -0.2) is 0 Å². The van der Waals surface area contributed by atoms with Crippen molar-refractivity contribution < 1.29 is 4.74 Å². The van der Waals surface area contributed by atoms with Crippen molar-refractivity contribution in [2.45, 2.75) is 6.61 Å². The number of nitrogens with zero attached hydrogens (tertiary/aromatic N) is 1. The first-order chi connectivity index (χ1) is 25.7. The zero-order valence-corrected chi connectivity index (χ0v) is 28.6. The number of anilines is 4. The molecule has 0 unspecified atom stereocenters. The molecule has 0 radical (unpaired) electrons. The first-order valence-electron chi connectivity index (χ1n) is 17.7. The van der Waals surface area contributed by atoms with E-state index in [1.807, 2.05) is 24.3 Å². The van der Waals surface area contributed by atoms with E-state index in [4.69, 9.17) is 10.5 Å². The average Bonchev–Trinajstić information content (AvgIpc) is 3.21. The van der Waals surface area contributed by atoms with Gasteiger partial charge >= 0.3 is 0 Å². The number of nitrogens with two attached hydrogens (primary N) is 1. The number of benzene rings is 9. The van der Waals surface area contributed by atoms with Crippen molar-refractivity contribution in [1.29, 1.82) is 0 Å². The predicted octanol–water partition coefficient (Wildman–Crippen LogP) is 13.1. The molecule has 0 aliphatic heterocycles. The topological polar surface area (TPSA) is 38.5 Å². The third-order valence-corrected chi connectivity index (χ3v) is 9.89. The Bertz CT molecular complexity index is 2690. The van der Waals surface area contributed by atoms with Gasteiger partial charge in [-0.25, -0.2) is 0 Å². The Balaban J connectivity index is 1.22. The number of hydrogen-bond acceptors (Lipinski definition) is 3. The first kappa shape index (κ1) is 31.2. The summed E-state index contributed by atoms with van der Waals surface area (Å²) in [6, 6.07) is 68.5. The maximum absolute atomic E-state index is 6.72. The van der Waals surface area contributed by atoms with Crippen LogP contribution in [0.5, 0.6) is 5.75 Å². The molecule has 3 heteroatoms. The SMILES string of the molecule is Nc1ccc2cccc(N(c3ccc(-c4cc5ccccc5c5ccccc45)cc3)c3cccc(-c4ccccc4)c3)c2c1OCc1ccccc1. The number of fused-ring (bicyclic) bond motifs is 4. The van der Waals surface area contributed by atoms with E-state index in [1.54, 1.807) is 0 Å². The van der Waals surface area contributed by atoms with Crippen molar-refractivity contribution in [3.63, 3.8) is 0 Å². The Morgan fingerprint density at radius 1 is 0.442 bits per heavy atom. The molecule has 9 aromatic carbocycles. The van der Waals surface area contributed by atoms with Gasteiger partial charge in [-0.05, 0) is 97.2 Å². The Morgan fingerprint density at radius 3 is 1.90 bits per heavy atom. The molecule has 3 nitrogen and oxygen atoms in total. The fourth-order valence-corrected chi connectivity index (χ4v) is 7.38. The van der Waals surface area contributed by atoms with E-state index in [2.05, 4.69) is 175 Å². The number of hydrogen-bond donors (Lipinski definition) is 1. The van der Waals surface area contributed by atoms with Crippen LogP contribution in [0.4, 0.5) is 22.7 Å². The van der Waals surface area contributed by atoms with Crippen molar-refractivity contribution in [2.24, 2.45) is 0 Å². The highest BCUT2D eigenvalue weighted by molar-refractivity contribution is 6.14. The van der Waals surface area contributed by atoms with Crippen molar-refractivity contribution >= 4 is 55.1 Å². The predicted molar refractivity (Wildman–Crippen MR) is 220 cm³/mol. The van der Waals surface area contributed by atoms with Crippen LogP contribution >= 0.6 is 0 Å². The molecule has 0 aliphatic rings. The molecule has 0 bridgehead atoms. The molecule has 2 N–H and O–H groups in total.